The third-order valence-corrected chi connectivity index (χ3v) is 2.85. The Morgan fingerprint density at radius 1 is 1.25 bits per heavy atom. The summed E-state index contributed by atoms with van der Waals surface area (Å²) < 4.78 is 4.58. The molecule has 0 saturated carbocycles. The number of benzene rings is 1. The average Bonchev–Trinajstić information content (AvgIpc) is 2.38. The summed E-state index contributed by atoms with van der Waals surface area (Å²) in [7, 11) is 1.31. The van der Waals surface area contributed by atoms with Gasteiger partial charge < -0.3 is 15.8 Å². The number of nitrogens with two attached hydrogens (primary N) is 1. The van der Waals surface area contributed by atoms with E-state index in [1.54, 1.807) is 12.1 Å². The lowest BCUT2D eigenvalue weighted by molar-refractivity contribution is -0.142. The fraction of sp³-hybridized carbons (Fsp3) is 0.467. The number of anilines is 1. The van der Waals surface area contributed by atoms with Gasteiger partial charge in [0.25, 0.3) is 0 Å². The van der Waals surface area contributed by atoms with Gasteiger partial charge in [-0.3, -0.25) is 9.59 Å². The van der Waals surface area contributed by atoms with E-state index in [0.29, 0.717) is 6.42 Å². The average molecular weight is 278 g/mol. The van der Waals surface area contributed by atoms with Crippen molar-refractivity contribution in [2.45, 2.75) is 33.2 Å². The van der Waals surface area contributed by atoms with Crippen molar-refractivity contribution in [3.8, 4) is 0 Å². The van der Waals surface area contributed by atoms with Gasteiger partial charge in [0.1, 0.15) is 6.04 Å². The molecule has 1 aromatic carbocycles. The molecule has 1 aromatic rings. The van der Waals surface area contributed by atoms with Gasteiger partial charge in [0, 0.05) is 11.1 Å². The van der Waals surface area contributed by atoms with Crippen molar-refractivity contribution < 1.29 is 14.3 Å². The first-order valence-corrected chi connectivity index (χ1v) is 6.48. The molecule has 5 nitrogen and oxygen atoms in total. The van der Waals surface area contributed by atoms with Gasteiger partial charge in [-0.15, -0.1) is 0 Å². The minimum absolute atomic E-state index is 0.0449. The predicted molar refractivity (Wildman–Crippen MR) is 78.2 cm³/mol. The number of esters is 1. The standard InChI is InChI=1S/C15H22N2O3/c1-15(2,3)14(19)17-11-7-5-10(6-8-11)9-12(16)13(18)20-4/h5-8,12H,9,16H2,1-4H3,(H,17,19). The second-order valence-corrected chi connectivity index (χ2v) is 5.73. The zero-order chi connectivity index (χ0) is 15.3. The summed E-state index contributed by atoms with van der Waals surface area (Å²) in [6.07, 6.45) is 0.403. The molecule has 0 fully saturated rings. The van der Waals surface area contributed by atoms with Crippen LogP contribution in [-0.2, 0) is 20.7 Å². The number of hydrogen-bond donors (Lipinski definition) is 2. The second kappa shape index (κ2) is 6.52. The molecule has 0 radical (unpaired) electrons. The Balaban J connectivity index is 2.65. The van der Waals surface area contributed by atoms with Crippen LogP contribution in [0.25, 0.3) is 0 Å². The Morgan fingerprint density at radius 3 is 2.25 bits per heavy atom. The molecule has 1 rings (SSSR count). The zero-order valence-electron chi connectivity index (χ0n) is 12.4. The van der Waals surface area contributed by atoms with E-state index in [-0.39, 0.29) is 5.91 Å². The number of rotatable bonds is 4. The monoisotopic (exact) mass is 278 g/mol. The smallest absolute Gasteiger partial charge is 0.322 e. The van der Waals surface area contributed by atoms with E-state index >= 15 is 0 Å². The van der Waals surface area contributed by atoms with E-state index in [2.05, 4.69) is 10.1 Å². The van der Waals surface area contributed by atoms with Gasteiger partial charge in [-0.25, -0.2) is 0 Å². The summed E-state index contributed by atoms with van der Waals surface area (Å²) in [4.78, 5) is 23.1. The Kier molecular flexibility index (Phi) is 5.27. The molecule has 0 aliphatic carbocycles. The molecule has 0 aliphatic rings. The van der Waals surface area contributed by atoms with Crippen LogP contribution in [0.15, 0.2) is 24.3 Å². The Labute approximate surface area is 119 Å². The number of ether oxygens (including phenoxy) is 1. The van der Waals surface area contributed by atoms with Crippen molar-refractivity contribution in [1.29, 1.82) is 0 Å². The van der Waals surface area contributed by atoms with Crippen LogP contribution < -0.4 is 11.1 Å². The van der Waals surface area contributed by atoms with Crippen LogP contribution in [0.2, 0.25) is 0 Å². The molecule has 1 unspecified atom stereocenters. The SMILES string of the molecule is COC(=O)C(N)Cc1ccc(NC(=O)C(C)(C)C)cc1. The molecule has 0 saturated heterocycles. The van der Waals surface area contributed by atoms with E-state index in [1.165, 1.54) is 7.11 Å². The van der Waals surface area contributed by atoms with Gasteiger partial charge >= 0.3 is 5.97 Å². The molecule has 0 aliphatic heterocycles. The van der Waals surface area contributed by atoms with Crippen LogP contribution >= 0.6 is 0 Å². The van der Waals surface area contributed by atoms with Crippen LogP contribution in [0.5, 0.6) is 0 Å². The first kappa shape index (κ1) is 16.2. The number of methoxy groups -OCH3 is 1. The summed E-state index contributed by atoms with van der Waals surface area (Å²) in [5.41, 5.74) is 6.89. The normalized spacial score (nSPS) is 12.7. The van der Waals surface area contributed by atoms with Crippen molar-refractivity contribution in [1.82, 2.24) is 0 Å². The quantitative estimate of drug-likeness (QED) is 0.822. The molecule has 5 heteroatoms. The topological polar surface area (TPSA) is 81.4 Å². The number of carbonyl (C=O) groups is 2. The highest BCUT2D eigenvalue weighted by Gasteiger charge is 2.21. The van der Waals surface area contributed by atoms with E-state index in [4.69, 9.17) is 5.73 Å². The van der Waals surface area contributed by atoms with Crippen LogP contribution in [0.3, 0.4) is 0 Å². The number of hydrogen-bond acceptors (Lipinski definition) is 4. The minimum atomic E-state index is -0.671. The van der Waals surface area contributed by atoms with Crippen LogP contribution in [0.1, 0.15) is 26.3 Å². The summed E-state index contributed by atoms with van der Waals surface area (Å²) >= 11 is 0. The highest BCUT2D eigenvalue weighted by molar-refractivity contribution is 5.94. The van der Waals surface area contributed by atoms with Gasteiger partial charge in [-0.1, -0.05) is 32.9 Å². The first-order valence-electron chi connectivity index (χ1n) is 6.48. The fourth-order valence-corrected chi connectivity index (χ4v) is 1.53. The maximum atomic E-state index is 11.8. The third-order valence-electron chi connectivity index (χ3n) is 2.85. The van der Waals surface area contributed by atoms with Gasteiger partial charge in [0.15, 0.2) is 0 Å². The zero-order valence-corrected chi connectivity index (χ0v) is 12.4. The summed E-state index contributed by atoms with van der Waals surface area (Å²) in [6.45, 7) is 5.56. The maximum Gasteiger partial charge on any atom is 0.322 e. The summed E-state index contributed by atoms with van der Waals surface area (Å²) in [5.74, 6) is -0.480. The molecular weight excluding hydrogens is 256 g/mol. The van der Waals surface area contributed by atoms with Crippen molar-refractivity contribution in [3.05, 3.63) is 29.8 Å². The molecule has 110 valence electrons. The molecular formula is C15H22N2O3. The molecule has 0 aromatic heterocycles. The Morgan fingerprint density at radius 2 is 1.80 bits per heavy atom. The first-order chi connectivity index (χ1) is 9.24. The van der Waals surface area contributed by atoms with Crippen molar-refractivity contribution in [2.75, 3.05) is 12.4 Å². The van der Waals surface area contributed by atoms with Gasteiger partial charge in [-0.2, -0.15) is 0 Å². The molecule has 3 N–H and O–H groups in total. The van der Waals surface area contributed by atoms with Gasteiger partial charge in [0.05, 0.1) is 7.11 Å². The predicted octanol–water partition coefficient (Wildman–Crippen LogP) is 1.71. The lowest BCUT2D eigenvalue weighted by Crippen LogP contribution is -2.33. The highest BCUT2D eigenvalue weighted by atomic mass is 16.5. The summed E-state index contributed by atoms with van der Waals surface area (Å²) in [6, 6.07) is 6.59. The van der Waals surface area contributed by atoms with Crippen LogP contribution in [0, 0.1) is 5.41 Å². The second-order valence-electron chi connectivity index (χ2n) is 5.73. The van der Waals surface area contributed by atoms with E-state index < -0.39 is 17.4 Å². The largest absolute Gasteiger partial charge is 0.468 e. The molecule has 0 spiro atoms. The number of amides is 1. The van der Waals surface area contributed by atoms with Gasteiger partial charge in [-0.05, 0) is 24.1 Å². The molecule has 20 heavy (non-hydrogen) atoms. The third kappa shape index (κ3) is 4.66. The van der Waals surface area contributed by atoms with E-state index in [1.807, 2.05) is 32.9 Å². The Hall–Kier alpha value is -1.88. The lowest BCUT2D eigenvalue weighted by Gasteiger charge is -2.18. The van der Waals surface area contributed by atoms with Crippen molar-refractivity contribution in [2.24, 2.45) is 11.1 Å². The fourth-order valence-electron chi connectivity index (χ4n) is 1.53. The maximum absolute atomic E-state index is 11.8. The van der Waals surface area contributed by atoms with E-state index in [0.717, 1.165) is 11.3 Å². The Bertz CT molecular complexity index is 475. The molecule has 1 atom stereocenters. The van der Waals surface area contributed by atoms with Gasteiger partial charge in [0.2, 0.25) is 5.91 Å². The lowest BCUT2D eigenvalue weighted by atomic mass is 9.95. The van der Waals surface area contributed by atoms with Crippen LogP contribution in [0.4, 0.5) is 5.69 Å². The van der Waals surface area contributed by atoms with E-state index in [9.17, 15) is 9.59 Å². The number of carbonyl (C=O) groups excluding carboxylic acids is 2. The number of nitrogens with one attached hydrogen (secondary N) is 1. The molecule has 1 amide bonds. The molecule has 0 heterocycles. The minimum Gasteiger partial charge on any atom is -0.468 e. The highest BCUT2D eigenvalue weighted by Crippen LogP contribution is 2.18. The van der Waals surface area contributed by atoms with Crippen molar-refractivity contribution >= 4 is 17.6 Å². The van der Waals surface area contributed by atoms with Crippen LogP contribution in [-0.4, -0.2) is 25.0 Å². The van der Waals surface area contributed by atoms with Crippen molar-refractivity contribution in [3.63, 3.8) is 0 Å². The summed E-state index contributed by atoms with van der Waals surface area (Å²) in [5, 5.41) is 2.83. The molecule has 0 bridgehead atoms.